The standard InChI is InChI=1S/C13H18ClN3O/c1-2-6-16-7-9-17(10-8-16)13(18)11-4-3-5-12(14)15-11/h3-5H,2,6-10H2,1H3. The summed E-state index contributed by atoms with van der Waals surface area (Å²) in [5.41, 5.74) is 0.437. The number of amides is 1. The molecule has 0 aromatic carbocycles. The van der Waals surface area contributed by atoms with Gasteiger partial charge >= 0.3 is 0 Å². The summed E-state index contributed by atoms with van der Waals surface area (Å²) in [6.07, 6.45) is 1.16. The number of rotatable bonds is 3. The van der Waals surface area contributed by atoms with Crippen molar-refractivity contribution in [2.24, 2.45) is 0 Å². The number of hydrogen-bond acceptors (Lipinski definition) is 3. The highest BCUT2D eigenvalue weighted by atomic mass is 35.5. The summed E-state index contributed by atoms with van der Waals surface area (Å²) in [6, 6.07) is 5.15. The molecule has 1 aromatic heterocycles. The lowest BCUT2D eigenvalue weighted by Gasteiger charge is -2.34. The van der Waals surface area contributed by atoms with Gasteiger partial charge in [0, 0.05) is 26.2 Å². The van der Waals surface area contributed by atoms with Gasteiger partial charge in [0.1, 0.15) is 10.8 Å². The van der Waals surface area contributed by atoms with Crippen LogP contribution in [0.25, 0.3) is 0 Å². The van der Waals surface area contributed by atoms with Gasteiger partial charge in [-0.1, -0.05) is 24.6 Å². The maximum absolute atomic E-state index is 12.2. The molecule has 4 nitrogen and oxygen atoms in total. The molecule has 1 aliphatic heterocycles. The van der Waals surface area contributed by atoms with Gasteiger partial charge in [-0.25, -0.2) is 4.98 Å². The molecule has 0 saturated carbocycles. The summed E-state index contributed by atoms with van der Waals surface area (Å²) < 4.78 is 0. The van der Waals surface area contributed by atoms with Crippen molar-refractivity contribution in [3.63, 3.8) is 0 Å². The van der Waals surface area contributed by atoms with Crippen LogP contribution in [0.4, 0.5) is 0 Å². The molecular formula is C13H18ClN3O. The van der Waals surface area contributed by atoms with E-state index in [0.717, 1.165) is 39.1 Å². The number of aromatic nitrogens is 1. The molecule has 0 N–H and O–H groups in total. The van der Waals surface area contributed by atoms with E-state index < -0.39 is 0 Å². The monoisotopic (exact) mass is 267 g/mol. The van der Waals surface area contributed by atoms with E-state index >= 15 is 0 Å². The van der Waals surface area contributed by atoms with Crippen molar-refractivity contribution < 1.29 is 4.79 Å². The van der Waals surface area contributed by atoms with E-state index in [1.54, 1.807) is 18.2 Å². The zero-order chi connectivity index (χ0) is 13.0. The lowest BCUT2D eigenvalue weighted by molar-refractivity contribution is 0.0632. The Hall–Kier alpha value is -1.13. The first-order chi connectivity index (χ1) is 8.70. The SMILES string of the molecule is CCCN1CCN(C(=O)c2cccc(Cl)n2)CC1. The molecule has 98 valence electrons. The van der Waals surface area contributed by atoms with Crippen LogP contribution in [0.1, 0.15) is 23.8 Å². The lowest BCUT2D eigenvalue weighted by Crippen LogP contribution is -2.48. The molecule has 0 atom stereocenters. The van der Waals surface area contributed by atoms with E-state index in [-0.39, 0.29) is 5.91 Å². The van der Waals surface area contributed by atoms with Gasteiger partial charge < -0.3 is 4.90 Å². The highest BCUT2D eigenvalue weighted by Crippen LogP contribution is 2.10. The molecule has 5 heteroatoms. The van der Waals surface area contributed by atoms with E-state index in [1.165, 1.54) is 0 Å². The van der Waals surface area contributed by atoms with Gasteiger partial charge in [-0.2, -0.15) is 0 Å². The summed E-state index contributed by atoms with van der Waals surface area (Å²) in [6.45, 7) is 6.71. The zero-order valence-corrected chi connectivity index (χ0v) is 11.4. The molecule has 18 heavy (non-hydrogen) atoms. The molecule has 1 aromatic rings. The Morgan fingerprint density at radius 3 is 2.67 bits per heavy atom. The normalized spacial score (nSPS) is 16.9. The van der Waals surface area contributed by atoms with E-state index in [4.69, 9.17) is 11.6 Å². The first-order valence-electron chi connectivity index (χ1n) is 6.35. The van der Waals surface area contributed by atoms with Crippen LogP contribution in [-0.4, -0.2) is 53.4 Å². The maximum atomic E-state index is 12.2. The predicted molar refractivity (Wildman–Crippen MR) is 71.9 cm³/mol. The topological polar surface area (TPSA) is 36.4 Å². The Morgan fingerprint density at radius 2 is 2.06 bits per heavy atom. The largest absolute Gasteiger partial charge is 0.335 e. The fourth-order valence-electron chi connectivity index (χ4n) is 2.18. The van der Waals surface area contributed by atoms with E-state index in [1.807, 2.05) is 4.90 Å². The van der Waals surface area contributed by atoms with Gasteiger partial charge in [-0.15, -0.1) is 0 Å². The number of nitrogens with zero attached hydrogens (tertiary/aromatic N) is 3. The molecule has 0 spiro atoms. The quantitative estimate of drug-likeness (QED) is 0.785. The minimum Gasteiger partial charge on any atom is -0.335 e. The first-order valence-corrected chi connectivity index (χ1v) is 6.72. The Bertz CT molecular complexity index is 416. The van der Waals surface area contributed by atoms with Crippen molar-refractivity contribution in [3.05, 3.63) is 29.0 Å². The van der Waals surface area contributed by atoms with Gasteiger partial charge in [-0.05, 0) is 25.1 Å². The summed E-state index contributed by atoms with van der Waals surface area (Å²) >= 11 is 5.80. The minimum absolute atomic E-state index is 0.0198. The highest BCUT2D eigenvalue weighted by molar-refractivity contribution is 6.29. The summed E-state index contributed by atoms with van der Waals surface area (Å²) in [5.74, 6) is -0.0198. The number of carbonyl (C=O) groups excluding carboxylic acids is 1. The third kappa shape index (κ3) is 3.21. The molecule has 1 aliphatic rings. The Balaban J connectivity index is 1.95. The molecule has 0 bridgehead atoms. The molecule has 0 aliphatic carbocycles. The Labute approximate surface area is 113 Å². The van der Waals surface area contributed by atoms with Crippen molar-refractivity contribution in [2.75, 3.05) is 32.7 Å². The summed E-state index contributed by atoms with van der Waals surface area (Å²) in [5, 5.41) is 0.366. The minimum atomic E-state index is -0.0198. The fourth-order valence-corrected chi connectivity index (χ4v) is 2.34. The fraction of sp³-hybridized carbons (Fsp3) is 0.538. The second kappa shape index (κ2) is 6.16. The van der Waals surface area contributed by atoms with E-state index in [0.29, 0.717) is 10.8 Å². The zero-order valence-electron chi connectivity index (χ0n) is 10.6. The van der Waals surface area contributed by atoms with Gasteiger partial charge in [0.25, 0.3) is 5.91 Å². The molecule has 1 saturated heterocycles. The number of carbonyl (C=O) groups is 1. The van der Waals surface area contributed by atoms with Crippen LogP contribution < -0.4 is 0 Å². The van der Waals surface area contributed by atoms with Gasteiger partial charge in [0.15, 0.2) is 0 Å². The third-order valence-electron chi connectivity index (χ3n) is 3.13. The van der Waals surface area contributed by atoms with E-state index in [9.17, 15) is 4.79 Å². The van der Waals surface area contributed by atoms with Crippen LogP contribution in [0, 0.1) is 0 Å². The van der Waals surface area contributed by atoms with Crippen LogP contribution in [0.3, 0.4) is 0 Å². The van der Waals surface area contributed by atoms with Crippen molar-refractivity contribution in [1.82, 2.24) is 14.8 Å². The van der Waals surface area contributed by atoms with Crippen LogP contribution >= 0.6 is 11.6 Å². The second-order valence-corrected chi connectivity index (χ2v) is 4.87. The van der Waals surface area contributed by atoms with Crippen LogP contribution in [0.2, 0.25) is 5.15 Å². The number of hydrogen-bond donors (Lipinski definition) is 0. The second-order valence-electron chi connectivity index (χ2n) is 4.48. The highest BCUT2D eigenvalue weighted by Gasteiger charge is 2.22. The number of pyridine rings is 1. The summed E-state index contributed by atoms with van der Waals surface area (Å²) in [7, 11) is 0. The molecular weight excluding hydrogens is 250 g/mol. The molecule has 2 heterocycles. The van der Waals surface area contributed by atoms with Gasteiger partial charge in [0.05, 0.1) is 0 Å². The van der Waals surface area contributed by atoms with Crippen molar-refractivity contribution >= 4 is 17.5 Å². The van der Waals surface area contributed by atoms with Crippen molar-refractivity contribution in [3.8, 4) is 0 Å². The Morgan fingerprint density at radius 1 is 1.33 bits per heavy atom. The summed E-state index contributed by atoms with van der Waals surface area (Å²) in [4.78, 5) is 20.5. The van der Waals surface area contributed by atoms with Gasteiger partial charge in [-0.3, -0.25) is 9.69 Å². The smallest absolute Gasteiger partial charge is 0.272 e. The number of piperazine rings is 1. The average Bonchev–Trinajstić information content (AvgIpc) is 2.39. The van der Waals surface area contributed by atoms with E-state index in [2.05, 4.69) is 16.8 Å². The average molecular weight is 268 g/mol. The molecule has 0 radical (unpaired) electrons. The third-order valence-corrected chi connectivity index (χ3v) is 3.34. The predicted octanol–water partition coefficient (Wildman–Crippen LogP) is 1.90. The molecule has 1 amide bonds. The first kappa shape index (κ1) is 13.3. The van der Waals surface area contributed by atoms with Crippen LogP contribution in [0.15, 0.2) is 18.2 Å². The number of halogens is 1. The molecule has 2 rings (SSSR count). The van der Waals surface area contributed by atoms with Crippen LogP contribution in [0.5, 0.6) is 0 Å². The molecule has 0 unspecified atom stereocenters. The Kier molecular flexibility index (Phi) is 4.55. The van der Waals surface area contributed by atoms with Gasteiger partial charge in [0.2, 0.25) is 0 Å². The van der Waals surface area contributed by atoms with Crippen LogP contribution in [-0.2, 0) is 0 Å². The maximum Gasteiger partial charge on any atom is 0.272 e. The van der Waals surface area contributed by atoms with Crippen molar-refractivity contribution in [1.29, 1.82) is 0 Å². The van der Waals surface area contributed by atoms with Crippen molar-refractivity contribution in [2.45, 2.75) is 13.3 Å². The molecule has 1 fully saturated rings. The lowest BCUT2D eigenvalue weighted by atomic mass is 10.2.